The van der Waals surface area contributed by atoms with Crippen LogP contribution >= 0.6 is 23.8 Å². The first-order valence-electron chi connectivity index (χ1n) is 5.95. The summed E-state index contributed by atoms with van der Waals surface area (Å²) in [5.41, 5.74) is 7.07. The maximum atomic E-state index is 12.4. The Kier molecular flexibility index (Phi) is 4.39. The van der Waals surface area contributed by atoms with Crippen LogP contribution in [-0.2, 0) is 4.74 Å². The Morgan fingerprint density at radius 3 is 2.95 bits per heavy atom. The molecular weight excluding hydrogens is 284 g/mol. The summed E-state index contributed by atoms with van der Waals surface area (Å²) in [5.74, 6) is -0.0774. The van der Waals surface area contributed by atoms with Crippen LogP contribution in [0.4, 0.5) is 0 Å². The molecule has 6 heteroatoms. The molecule has 0 aliphatic carbocycles. The number of benzene rings is 1. The summed E-state index contributed by atoms with van der Waals surface area (Å²) in [5, 5.41) is 0.588. The summed E-state index contributed by atoms with van der Waals surface area (Å²) in [7, 11) is 0. The Morgan fingerprint density at radius 2 is 2.32 bits per heavy atom. The lowest BCUT2D eigenvalue weighted by atomic mass is 10.1. The number of amides is 1. The number of nitrogens with zero attached hydrogens (tertiary/aromatic N) is 1. The van der Waals surface area contributed by atoms with Crippen LogP contribution < -0.4 is 5.73 Å². The molecule has 4 nitrogen and oxygen atoms in total. The van der Waals surface area contributed by atoms with Gasteiger partial charge >= 0.3 is 0 Å². The number of thiocarbonyl (C=S) groups is 1. The second-order valence-electron chi connectivity index (χ2n) is 4.48. The fraction of sp³-hybridized carbons (Fsp3) is 0.385. The molecule has 1 atom stereocenters. The molecule has 1 aliphatic rings. The minimum absolute atomic E-state index is 0.0774. The maximum Gasteiger partial charge on any atom is 0.254 e. The third kappa shape index (κ3) is 3.23. The third-order valence-electron chi connectivity index (χ3n) is 3.09. The molecule has 1 aromatic rings. The van der Waals surface area contributed by atoms with Crippen molar-refractivity contribution >= 4 is 34.7 Å². The van der Waals surface area contributed by atoms with Crippen molar-refractivity contribution in [2.45, 2.75) is 13.0 Å². The summed E-state index contributed by atoms with van der Waals surface area (Å²) < 4.78 is 5.41. The van der Waals surface area contributed by atoms with E-state index in [0.29, 0.717) is 30.3 Å². The number of hydrogen-bond donors (Lipinski definition) is 1. The van der Waals surface area contributed by atoms with Crippen molar-refractivity contribution in [3.63, 3.8) is 0 Å². The fourth-order valence-corrected chi connectivity index (χ4v) is 2.24. The van der Waals surface area contributed by atoms with Crippen LogP contribution in [0.5, 0.6) is 0 Å². The van der Waals surface area contributed by atoms with Gasteiger partial charge in [0.2, 0.25) is 0 Å². The zero-order valence-electron chi connectivity index (χ0n) is 10.6. The van der Waals surface area contributed by atoms with Gasteiger partial charge in [-0.15, -0.1) is 0 Å². The van der Waals surface area contributed by atoms with Crippen molar-refractivity contribution in [1.29, 1.82) is 0 Å². The molecule has 1 unspecified atom stereocenters. The van der Waals surface area contributed by atoms with E-state index in [4.69, 9.17) is 34.3 Å². The molecule has 1 heterocycles. The second-order valence-corrected chi connectivity index (χ2v) is 5.36. The number of halogens is 1. The van der Waals surface area contributed by atoms with Gasteiger partial charge in [0.05, 0.1) is 13.2 Å². The van der Waals surface area contributed by atoms with Crippen LogP contribution in [0, 0.1) is 6.92 Å². The van der Waals surface area contributed by atoms with Gasteiger partial charge in [-0.25, -0.2) is 0 Å². The first-order valence-corrected chi connectivity index (χ1v) is 6.74. The predicted molar refractivity (Wildman–Crippen MR) is 78.6 cm³/mol. The molecule has 0 aromatic heterocycles. The van der Waals surface area contributed by atoms with Crippen molar-refractivity contribution in [1.82, 2.24) is 4.90 Å². The lowest BCUT2D eigenvalue weighted by Crippen LogP contribution is -2.49. The first-order chi connectivity index (χ1) is 8.99. The molecule has 2 rings (SSSR count). The Hall–Kier alpha value is -1.17. The minimum atomic E-state index is -0.367. The zero-order chi connectivity index (χ0) is 14.0. The molecule has 2 N–H and O–H groups in total. The summed E-state index contributed by atoms with van der Waals surface area (Å²) in [6.07, 6.45) is -0.367. The van der Waals surface area contributed by atoms with Crippen molar-refractivity contribution < 1.29 is 9.53 Å². The monoisotopic (exact) mass is 298 g/mol. The summed E-state index contributed by atoms with van der Waals surface area (Å²) in [6, 6.07) is 5.29. The van der Waals surface area contributed by atoms with E-state index < -0.39 is 0 Å². The van der Waals surface area contributed by atoms with Crippen molar-refractivity contribution in [2.75, 3.05) is 19.7 Å². The van der Waals surface area contributed by atoms with E-state index >= 15 is 0 Å². The number of morpholine rings is 1. The van der Waals surface area contributed by atoms with Gasteiger partial charge in [0.25, 0.3) is 5.91 Å². The molecule has 19 heavy (non-hydrogen) atoms. The molecular formula is C13H15ClN2O2S. The molecule has 0 bridgehead atoms. The SMILES string of the molecule is Cc1ccc(C(=O)N2CCOC(C(N)=S)C2)cc1Cl. The third-order valence-corrected chi connectivity index (χ3v) is 3.76. The molecule has 0 radical (unpaired) electrons. The number of nitrogens with two attached hydrogens (primary N) is 1. The largest absolute Gasteiger partial charge is 0.391 e. The molecule has 1 aliphatic heterocycles. The fourth-order valence-electron chi connectivity index (χ4n) is 1.91. The molecule has 1 amide bonds. The summed E-state index contributed by atoms with van der Waals surface area (Å²) in [6.45, 7) is 3.25. The molecule has 102 valence electrons. The molecule has 0 saturated carbocycles. The predicted octanol–water partition coefficient (Wildman–Crippen LogP) is 1.78. The lowest BCUT2D eigenvalue weighted by Gasteiger charge is -2.32. The standard InChI is InChI=1S/C13H15ClN2O2S/c1-8-2-3-9(6-10(8)14)13(17)16-4-5-18-11(7-16)12(15)19/h2-3,6,11H,4-5,7H2,1H3,(H2,15,19). The van der Waals surface area contributed by atoms with E-state index in [1.54, 1.807) is 17.0 Å². The highest BCUT2D eigenvalue weighted by atomic mass is 35.5. The van der Waals surface area contributed by atoms with Gasteiger partial charge in [0.15, 0.2) is 0 Å². The highest BCUT2D eigenvalue weighted by Crippen LogP contribution is 2.19. The minimum Gasteiger partial charge on any atom is -0.391 e. The van der Waals surface area contributed by atoms with Gasteiger partial charge in [-0.05, 0) is 24.6 Å². The average Bonchev–Trinajstić information content (AvgIpc) is 2.41. The van der Waals surface area contributed by atoms with Gasteiger partial charge in [0.1, 0.15) is 11.1 Å². The number of hydrogen-bond acceptors (Lipinski definition) is 3. The van der Waals surface area contributed by atoms with E-state index in [9.17, 15) is 4.79 Å². The van der Waals surface area contributed by atoms with E-state index in [2.05, 4.69) is 0 Å². The maximum absolute atomic E-state index is 12.4. The van der Waals surface area contributed by atoms with Crippen LogP contribution in [-0.4, -0.2) is 41.6 Å². The van der Waals surface area contributed by atoms with Crippen molar-refractivity contribution in [3.8, 4) is 0 Å². The topological polar surface area (TPSA) is 55.6 Å². The van der Waals surface area contributed by atoms with Crippen LogP contribution in [0.3, 0.4) is 0 Å². The Labute approximate surface area is 122 Å². The number of rotatable bonds is 2. The summed E-state index contributed by atoms with van der Waals surface area (Å²) in [4.78, 5) is 14.3. The van der Waals surface area contributed by atoms with Gasteiger partial charge < -0.3 is 15.4 Å². The first kappa shape index (κ1) is 14.2. The number of ether oxygens (including phenoxy) is 1. The number of carbonyl (C=O) groups excluding carboxylic acids is 1. The normalized spacial score (nSPS) is 19.3. The van der Waals surface area contributed by atoms with E-state index in [0.717, 1.165) is 5.56 Å². The highest BCUT2D eigenvalue weighted by Gasteiger charge is 2.26. The lowest BCUT2D eigenvalue weighted by molar-refractivity contribution is 0.00879. The van der Waals surface area contributed by atoms with Crippen LogP contribution in [0.25, 0.3) is 0 Å². The second kappa shape index (κ2) is 5.86. The smallest absolute Gasteiger partial charge is 0.254 e. The Morgan fingerprint density at radius 1 is 1.58 bits per heavy atom. The van der Waals surface area contributed by atoms with Crippen molar-refractivity contribution in [2.24, 2.45) is 5.73 Å². The highest BCUT2D eigenvalue weighted by molar-refractivity contribution is 7.80. The number of aryl methyl sites for hydroxylation is 1. The molecule has 1 fully saturated rings. The van der Waals surface area contributed by atoms with Gasteiger partial charge in [0, 0.05) is 17.1 Å². The zero-order valence-corrected chi connectivity index (χ0v) is 12.1. The van der Waals surface area contributed by atoms with Crippen LogP contribution in [0.15, 0.2) is 18.2 Å². The Bertz CT molecular complexity index is 521. The van der Waals surface area contributed by atoms with E-state index in [-0.39, 0.29) is 17.0 Å². The summed E-state index contributed by atoms with van der Waals surface area (Å²) >= 11 is 10.9. The quantitative estimate of drug-likeness (QED) is 0.846. The Balaban J connectivity index is 2.14. The van der Waals surface area contributed by atoms with E-state index in [1.165, 1.54) is 0 Å². The van der Waals surface area contributed by atoms with Gasteiger partial charge in [-0.2, -0.15) is 0 Å². The van der Waals surface area contributed by atoms with Gasteiger partial charge in [-0.1, -0.05) is 29.9 Å². The molecule has 1 saturated heterocycles. The van der Waals surface area contributed by atoms with Crippen LogP contribution in [0.1, 0.15) is 15.9 Å². The average molecular weight is 299 g/mol. The molecule has 1 aromatic carbocycles. The van der Waals surface area contributed by atoms with E-state index in [1.807, 2.05) is 13.0 Å². The van der Waals surface area contributed by atoms with Crippen molar-refractivity contribution in [3.05, 3.63) is 34.3 Å². The molecule has 0 spiro atoms. The van der Waals surface area contributed by atoms with Gasteiger partial charge in [-0.3, -0.25) is 4.79 Å². The number of carbonyl (C=O) groups is 1. The van der Waals surface area contributed by atoms with Crippen LogP contribution in [0.2, 0.25) is 5.02 Å².